The Kier molecular flexibility index (Phi) is 3.55. The number of aromatic nitrogens is 1. The van der Waals surface area contributed by atoms with E-state index in [1.807, 2.05) is 13.8 Å². The third-order valence-electron chi connectivity index (χ3n) is 1.93. The molecule has 0 atom stereocenters. The number of imide groups is 1. The van der Waals surface area contributed by atoms with Gasteiger partial charge in [-0.1, -0.05) is 13.8 Å². The van der Waals surface area contributed by atoms with E-state index in [0.29, 0.717) is 11.5 Å². The highest BCUT2D eigenvalue weighted by Crippen LogP contribution is 2.11. The number of carbonyl (C=O) groups excluding carboxylic acids is 2. The first-order chi connectivity index (χ1) is 7.00. The zero-order valence-corrected chi connectivity index (χ0v) is 9.07. The van der Waals surface area contributed by atoms with Crippen LogP contribution in [-0.2, 0) is 4.79 Å². The summed E-state index contributed by atoms with van der Waals surface area (Å²) in [7, 11) is 0. The molecule has 0 aromatic carbocycles. The minimum atomic E-state index is -0.412. The van der Waals surface area contributed by atoms with Crippen molar-refractivity contribution in [2.24, 2.45) is 0 Å². The van der Waals surface area contributed by atoms with Crippen LogP contribution in [0.25, 0.3) is 0 Å². The summed E-state index contributed by atoms with van der Waals surface area (Å²) in [4.78, 5) is 26.1. The highest BCUT2D eigenvalue weighted by Gasteiger charge is 2.08. The van der Waals surface area contributed by atoms with Gasteiger partial charge < -0.3 is 0 Å². The molecule has 4 nitrogen and oxygen atoms in total. The second kappa shape index (κ2) is 4.68. The highest BCUT2D eigenvalue weighted by molar-refractivity contribution is 6.03. The molecule has 1 aromatic rings. The van der Waals surface area contributed by atoms with Crippen molar-refractivity contribution < 1.29 is 9.59 Å². The van der Waals surface area contributed by atoms with E-state index in [-0.39, 0.29) is 5.91 Å². The summed E-state index contributed by atoms with van der Waals surface area (Å²) in [5, 5.41) is 2.19. The molecule has 2 amide bonds. The zero-order valence-electron chi connectivity index (χ0n) is 9.07. The lowest BCUT2D eigenvalue weighted by Gasteiger charge is -2.05. The first-order valence-corrected chi connectivity index (χ1v) is 4.78. The van der Waals surface area contributed by atoms with Gasteiger partial charge in [-0.2, -0.15) is 0 Å². The van der Waals surface area contributed by atoms with Crippen molar-refractivity contribution in [2.45, 2.75) is 26.7 Å². The Bertz CT molecular complexity index is 369. The molecule has 1 heterocycles. The lowest BCUT2D eigenvalue weighted by molar-refractivity contribution is -0.118. The second-order valence-corrected chi connectivity index (χ2v) is 3.64. The SMILES string of the molecule is CC(=O)NC(=O)c1ccc(C(C)C)nc1. The lowest BCUT2D eigenvalue weighted by atomic mass is 10.1. The van der Waals surface area contributed by atoms with Gasteiger partial charge in [0.05, 0.1) is 5.56 Å². The molecular weight excluding hydrogens is 192 g/mol. The molecule has 0 aliphatic carbocycles. The monoisotopic (exact) mass is 206 g/mol. The van der Waals surface area contributed by atoms with Crippen LogP contribution >= 0.6 is 0 Å². The third-order valence-corrected chi connectivity index (χ3v) is 1.93. The summed E-state index contributed by atoms with van der Waals surface area (Å²) in [6, 6.07) is 3.46. The Labute approximate surface area is 88.7 Å². The predicted octanol–water partition coefficient (Wildman–Crippen LogP) is 1.48. The van der Waals surface area contributed by atoms with Crippen molar-refractivity contribution in [3.8, 4) is 0 Å². The number of pyridine rings is 1. The molecular formula is C11H14N2O2. The van der Waals surface area contributed by atoms with Crippen LogP contribution in [0.3, 0.4) is 0 Å². The normalized spacial score (nSPS) is 10.1. The summed E-state index contributed by atoms with van der Waals surface area (Å²) in [5.41, 5.74) is 1.32. The van der Waals surface area contributed by atoms with Crippen LogP contribution in [0.15, 0.2) is 18.3 Å². The minimum Gasteiger partial charge on any atom is -0.293 e. The van der Waals surface area contributed by atoms with E-state index in [0.717, 1.165) is 5.69 Å². The van der Waals surface area contributed by atoms with Crippen LogP contribution in [0.2, 0.25) is 0 Å². The van der Waals surface area contributed by atoms with Gasteiger partial charge >= 0.3 is 0 Å². The standard InChI is InChI=1S/C11H14N2O2/c1-7(2)10-5-4-9(6-12-10)11(15)13-8(3)14/h4-7H,1-3H3,(H,13,14,15). The molecule has 15 heavy (non-hydrogen) atoms. The molecule has 0 bridgehead atoms. The summed E-state index contributed by atoms with van der Waals surface area (Å²) in [5.74, 6) is -0.451. The molecule has 0 saturated heterocycles. The van der Waals surface area contributed by atoms with Crippen LogP contribution in [0.4, 0.5) is 0 Å². The number of rotatable bonds is 2. The van der Waals surface area contributed by atoms with Crippen molar-refractivity contribution in [1.29, 1.82) is 0 Å². The first-order valence-electron chi connectivity index (χ1n) is 4.78. The number of carbonyl (C=O) groups is 2. The molecule has 0 aliphatic rings. The van der Waals surface area contributed by atoms with Crippen LogP contribution in [0.1, 0.15) is 42.7 Å². The topological polar surface area (TPSA) is 59.1 Å². The van der Waals surface area contributed by atoms with Gasteiger partial charge in [0.15, 0.2) is 0 Å². The Hall–Kier alpha value is -1.71. The number of nitrogens with one attached hydrogen (secondary N) is 1. The van der Waals surface area contributed by atoms with Crippen LogP contribution in [0, 0.1) is 0 Å². The van der Waals surface area contributed by atoms with Crippen molar-refractivity contribution in [3.05, 3.63) is 29.6 Å². The van der Waals surface area contributed by atoms with E-state index in [9.17, 15) is 9.59 Å². The maximum Gasteiger partial charge on any atom is 0.259 e. The smallest absolute Gasteiger partial charge is 0.259 e. The van der Waals surface area contributed by atoms with Crippen LogP contribution in [-0.4, -0.2) is 16.8 Å². The fraction of sp³-hybridized carbons (Fsp3) is 0.364. The van der Waals surface area contributed by atoms with Gasteiger partial charge in [-0.25, -0.2) is 0 Å². The second-order valence-electron chi connectivity index (χ2n) is 3.64. The van der Waals surface area contributed by atoms with Crippen molar-refractivity contribution in [3.63, 3.8) is 0 Å². The molecule has 0 spiro atoms. The van der Waals surface area contributed by atoms with Gasteiger partial charge in [0.2, 0.25) is 5.91 Å². The average molecular weight is 206 g/mol. The van der Waals surface area contributed by atoms with E-state index in [1.165, 1.54) is 13.1 Å². The van der Waals surface area contributed by atoms with Crippen molar-refractivity contribution in [1.82, 2.24) is 10.3 Å². The first kappa shape index (κ1) is 11.4. The quantitative estimate of drug-likeness (QED) is 0.797. The Balaban J connectivity index is 2.80. The molecule has 1 aromatic heterocycles. The molecule has 0 aliphatic heterocycles. The molecule has 0 unspecified atom stereocenters. The van der Waals surface area contributed by atoms with Gasteiger partial charge in [-0.3, -0.25) is 19.9 Å². The predicted molar refractivity (Wildman–Crippen MR) is 56.5 cm³/mol. The van der Waals surface area contributed by atoms with Crippen LogP contribution < -0.4 is 5.32 Å². The molecule has 0 fully saturated rings. The number of nitrogens with zero attached hydrogens (tertiary/aromatic N) is 1. The van der Waals surface area contributed by atoms with E-state index in [4.69, 9.17) is 0 Å². The Morgan fingerprint density at radius 2 is 2.00 bits per heavy atom. The van der Waals surface area contributed by atoms with Gasteiger partial charge in [0.25, 0.3) is 5.91 Å². The fourth-order valence-electron chi connectivity index (χ4n) is 1.11. The molecule has 1 N–H and O–H groups in total. The largest absolute Gasteiger partial charge is 0.293 e. The summed E-state index contributed by atoms with van der Waals surface area (Å²) in [6.07, 6.45) is 1.48. The average Bonchev–Trinajstić information content (AvgIpc) is 2.17. The Morgan fingerprint density at radius 3 is 2.40 bits per heavy atom. The van der Waals surface area contributed by atoms with Gasteiger partial charge in [-0.05, 0) is 18.1 Å². The lowest BCUT2D eigenvalue weighted by Crippen LogP contribution is -2.28. The van der Waals surface area contributed by atoms with E-state index >= 15 is 0 Å². The minimum absolute atomic E-state index is 0.329. The number of hydrogen-bond acceptors (Lipinski definition) is 3. The molecule has 0 saturated carbocycles. The summed E-state index contributed by atoms with van der Waals surface area (Å²) >= 11 is 0. The van der Waals surface area contributed by atoms with E-state index in [2.05, 4.69) is 10.3 Å². The third kappa shape index (κ3) is 3.16. The maximum absolute atomic E-state index is 11.4. The van der Waals surface area contributed by atoms with Crippen LogP contribution in [0.5, 0.6) is 0 Å². The number of amides is 2. The van der Waals surface area contributed by atoms with Gasteiger partial charge in [-0.15, -0.1) is 0 Å². The molecule has 0 radical (unpaired) electrons. The molecule has 1 rings (SSSR count). The van der Waals surface area contributed by atoms with E-state index < -0.39 is 5.91 Å². The molecule has 80 valence electrons. The zero-order chi connectivity index (χ0) is 11.4. The van der Waals surface area contributed by atoms with Crippen molar-refractivity contribution in [2.75, 3.05) is 0 Å². The summed E-state index contributed by atoms with van der Waals surface area (Å²) in [6.45, 7) is 5.35. The summed E-state index contributed by atoms with van der Waals surface area (Å²) < 4.78 is 0. The fourth-order valence-corrected chi connectivity index (χ4v) is 1.11. The maximum atomic E-state index is 11.4. The number of hydrogen-bond donors (Lipinski definition) is 1. The highest BCUT2D eigenvalue weighted by atomic mass is 16.2. The van der Waals surface area contributed by atoms with Crippen molar-refractivity contribution >= 4 is 11.8 Å². The Morgan fingerprint density at radius 1 is 1.33 bits per heavy atom. The van der Waals surface area contributed by atoms with Gasteiger partial charge in [0, 0.05) is 18.8 Å². The molecule has 4 heteroatoms. The van der Waals surface area contributed by atoms with Gasteiger partial charge in [0.1, 0.15) is 0 Å². The van der Waals surface area contributed by atoms with E-state index in [1.54, 1.807) is 12.1 Å².